The number of nitrogens with zero attached hydrogens (tertiary/aromatic N) is 2. The van der Waals surface area contributed by atoms with Gasteiger partial charge in [0.25, 0.3) is 0 Å². The van der Waals surface area contributed by atoms with Gasteiger partial charge in [0.05, 0.1) is 0 Å². The molecule has 0 bridgehead atoms. The third-order valence-electron chi connectivity index (χ3n) is 3.30. The van der Waals surface area contributed by atoms with E-state index in [1.807, 2.05) is 84.9 Å². The molecule has 130 valence electrons. The topological polar surface area (TPSA) is 25.8 Å². The number of rotatable bonds is 2. The van der Waals surface area contributed by atoms with Crippen LogP contribution in [0.3, 0.4) is 0 Å². The largest absolute Gasteiger partial charge is 3.00 e. The molecule has 4 aromatic rings. The smallest absolute Gasteiger partial charge is 0.358 e. The minimum Gasteiger partial charge on any atom is -0.358 e. The Morgan fingerprint density at radius 1 is 0.538 bits per heavy atom. The van der Waals surface area contributed by atoms with Crippen LogP contribution >= 0.6 is 0 Å². The van der Waals surface area contributed by atoms with Gasteiger partial charge >= 0.3 is 20.1 Å². The van der Waals surface area contributed by atoms with E-state index in [2.05, 4.69) is 22.1 Å². The Hall–Kier alpha value is -2.61. The minimum atomic E-state index is 0. The second-order valence-electron chi connectivity index (χ2n) is 4.98. The maximum atomic E-state index is 4.22. The molecule has 0 aliphatic carbocycles. The molecular formula is C23H19IrN2. The zero-order chi connectivity index (χ0) is 16.5. The van der Waals surface area contributed by atoms with Crippen molar-refractivity contribution in [3.8, 4) is 22.5 Å². The van der Waals surface area contributed by atoms with Crippen LogP contribution in [-0.2, 0) is 20.1 Å². The zero-order valence-electron chi connectivity index (χ0n) is 14.5. The molecule has 0 unspecified atom stereocenters. The SMILES string of the molecule is [CH3-].[Ir+3].[c-]1ccccc1-c1ccccn1.[c-]1ccccc1-c1ccccn1. The molecule has 26 heavy (non-hydrogen) atoms. The van der Waals surface area contributed by atoms with Crippen molar-refractivity contribution in [3.05, 3.63) is 117 Å². The summed E-state index contributed by atoms with van der Waals surface area (Å²) >= 11 is 0. The standard InChI is InChI=1S/2C11H8N.CH3.Ir/c2*1-2-6-10(7-3-1)11-8-4-5-9-12-11;;/h2*1-6,8-9H;1H3;/q3*-1;+3. The summed E-state index contributed by atoms with van der Waals surface area (Å²) in [4.78, 5) is 8.44. The Labute approximate surface area is 169 Å². The zero-order valence-corrected chi connectivity index (χ0v) is 16.9. The first-order chi connectivity index (χ1) is 11.9. The molecule has 0 N–H and O–H groups in total. The van der Waals surface area contributed by atoms with Crippen molar-refractivity contribution in [2.45, 2.75) is 0 Å². The fourth-order valence-corrected chi connectivity index (χ4v) is 2.15. The van der Waals surface area contributed by atoms with Gasteiger partial charge < -0.3 is 17.4 Å². The summed E-state index contributed by atoms with van der Waals surface area (Å²) in [5.74, 6) is 0. The van der Waals surface area contributed by atoms with Gasteiger partial charge in [-0.15, -0.1) is 71.8 Å². The molecule has 0 amide bonds. The quantitative estimate of drug-likeness (QED) is 0.328. The normalized spacial score (nSPS) is 8.92. The fraction of sp³-hybridized carbons (Fsp3) is 0. The van der Waals surface area contributed by atoms with Gasteiger partial charge in [0, 0.05) is 12.4 Å². The predicted octanol–water partition coefficient (Wildman–Crippen LogP) is 5.55. The summed E-state index contributed by atoms with van der Waals surface area (Å²) in [7, 11) is 0. The van der Waals surface area contributed by atoms with Crippen molar-refractivity contribution in [1.82, 2.24) is 9.97 Å². The summed E-state index contributed by atoms with van der Waals surface area (Å²) in [5, 5.41) is 0. The van der Waals surface area contributed by atoms with Crippen LogP contribution in [0, 0.1) is 19.6 Å². The number of pyridine rings is 2. The molecule has 0 atom stereocenters. The third-order valence-corrected chi connectivity index (χ3v) is 3.30. The summed E-state index contributed by atoms with van der Waals surface area (Å²) in [6, 6.07) is 33.6. The predicted molar refractivity (Wildman–Crippen MR) is 103 cm³/mol. The van der Waals surface area contributed by atoms with Gasteiger partial charge in [-0.3, -0.25) is 0 Å². The van der Waals surface area contributed by atoms with Crippen molar-refractivity contribution < 1.29 is 20.1 Å². The van der Waals surface area contributed by atoms with E-state index in [1.54, 1.807) is 12.4 Å². The van der Waals surface area contributed by atoms with E-state index in [1.165, 1.54) is 0 Å². The fourth-order valence-electron chi connectivity index (χ4n) is 2.15. The van der Waals surface area contributed by atoms with E-state index in [9.17, 15) is 0 Å². The van der Waals surface area contributed by atoms with Crippen molar-refractivity contribution in [1.29, 1.82) is 0 Å². The van der Waals surface area contributed by atoms with Crippen LogP contribution in [0.4, 0.5) is 0 Å². The van der Waals surface area contributed by atoms with Crippen molar-refractivity contribution >= 4 is 0 Å². The van der Waals surface area contributed by atoms with E-state index in [4.69, 9.17) is 0 Å². The molecule has 0 aliphatic heterocycles. The van der Waals surface area contributed by atoms with E-state index >= 15 is 0 Å². The second-order valence-corrected chi connectivity index (χ2v) is 4.98. The molecule has 0 spiro atoms. The molecule has 2 nitrogen and oxygen atoms in total. The third kappa shape index (κ3) is 6.36. The van der Waals surface area contributed by atoms with Crippen LogP contribution in [0.5, 0.6) is 0 Å². The minimum absolute atomic E-state index is 0. The number of hydrogen-bond acceptors (Lipinski definition) is 2. The van der Waals surface area contributed by atoms with Crippen LogP contribution < -0.4 is 0 Å². The molecule has 0 saturated heterocycles. The Kier molecular flexibility index (Phi) is 9.78. The monoisotopic (exact) mass is 516 g/mol. The first-order valence-electron chi connectivity index (χ1n) is 7.70. The molecule has 2 heterocycles. The van der Waals surface area contributed by atoms with Crippen molar-refractivity contribution in [3.63, 3.8) is 0 Å². The van der Waals surface area contributed by atoms with E-state index in [0.29, 0.717) is 0 Å². The van der Waals surface area contributed by atoms with E-state index in [0.717, 1.165) is 22.5 Å². The second kappa shape index (κ2) is 11.9. The molecule has 4 rings (SSSR count). The average molecular weight is 516 g/mol. The van der Waals surface area contributed by atoms with Gasteiger partial charge in [0.1, 0.15) is 0 Å². The van der Waals surface area contributed by atoms with Gasteiger partial charge in [-0.2, -0.15) is 0 Å². The molecule has 2 aromatic carbocycles. The number of benzene rings is 2. The molecule has 0 radical (unpaired) electrons. The number of aromatic nitrogens is 2. The average Bonchev–Trinajstić information content (AvgIpc) is 2.71. The maximum absolute atomic E-state index is 4.22. The molecule has 0 fully saturated rings. The summed E-state index contributed by atoms with van der Waals surface area (Å²) in [5.41, 5.74) is 4.02. The van der Waals surface area contributed by atoms with Crippen LogP contribution in [0.2, 0.25) is 0 Å². The summed E-state index contributed by atoms with van der Waals surface area (Å²) < 4.78 is 0. The number of hydrogen-bond donors (Lipinski definition) is 0. The summed E-state index contributed by atoms with van der Waals surface area (Å²) in [6.45, 7) is 0. The molecule has 0 aliphatic rings. The van der Waals surface area contributed by atoms with Crippen LogP contribution in [0.15, 0.2) is 97.3 Å². The Morgan fingerprint density at radius 2 is 0.962 bits per heavy atom. The van der Waals surface area contributed by atoms with Crippen molar-refractivity contribution in [2.24, 2.45) is 0 Å². The van der Waals surface area contributed by atoms with E-state index in [-0.39, 0.29) is 27.5 Å². The molecule has 2 aromatic heterocycles. The van der Waals surface area contributed by atoms with Gasteiger partial charge in [0.15, 0.2) is 0 Å². The van der Waals surface area contributed by atoms with Gasteiger partial charge in [0.2, 0.25) is 0 Å². The van der Waals surface area contributed by atoms with Crippen molar-refractivity contribution in [2.75, 3.05) is 0 Å². The molecule has 3 heteroatoms. The van der Waals surface area contributed by atoms with Crippen LogP contribution in [0.1, 0.15) is 0 Å². The van der Waals surface area contributed by atoms with Gasteiger partial charge in [-0.25, -0.2) is 0 Å². The van der Waals surface area contributed by atoms with Crippen LogP contribution in [-0.4, -0.2) is 9.97 Å². The van der Waals surface area contributed by atoms with Gasteiger partial charge in [-0.05, 0) is 23.5 Å². The van der Waals surface area contributed by atoms with E-state index < -0.39 is 0 Å². The molecule has 0 saturated carbocycles. The maximum Gasteiger partial charge on any atom is 3.00 e. The Morgan fingerprint density at radius 3 is 1.27 bits per heavy atom. The van der Waals surface area contributed by atoms with Gasteiger partial charge in [-0.1, -0.05) is 24.3 Å². The Balaban J connectivity index is 0.000000241. The Bertz CT molecular complexity index is 686. The van der Waals surface area contributed by atoms with Crippen LogP contribution in [0.25, 0.3) is 22.5 Å². The molecular weight excluding hydrogens is 496 g/mol. The first kappa shape index (κ1) is 21.4. The first-order valence-corrected chi connectivity index (χ1v) is 7.70. The summed E-state index contributed by atoms with van der Waals surface area (Å²) in [6.07, 6.45) is 3.58.